The molecule has 2 aliphatic heterocycles. The fourth-order valence-corrected chi connectivity index (χ4v) is 3.54. The average molecular weight is 375 g/mol. The smallest absolute Gasteiger partial charge is 0.340 e. The number of nitrogens with zero attached hydrogens (tertiary/aromatic N) is 2. The number of carbonyl (C=O) groups excluding carboxylic acids is 1. The van der Waals surface area contributed by atoms with E-state index in [1.54, 1.807) is 11.9 Å². The van der Waals surface area contributed by atoms with E-state index < -0.39 is 19.0 Å². The summed E-state index contributed by atoms with van der Waals surface area (Å²) >= 11 is 0. The van der Waals surface area contributed by atoms with Gasteiger partial charge in [0.05, 0.1) is 5.56 Å². The lowest BCUT2D eigenvalue weighted by atomic mass is 9.98. The molecule has 0 spiro atoms. The molecule has 0 saturated carbocycles. The molecule has 0 radical (unpaired) electrons. The number of carbonyl (C=O) groups is 1. The lowest BCUT2D eigenvalue weighted by Gasteiger charge is -2.35. The molecule has 0 aliphatic carbocycles. The van der Waals surface area contributed by atoms with Gasteiger partial charge in [-0.25, -0.2) is 13.8 Å². The lowest BCUT2D eigenvalue weighted by molar-refractivity contribution is -0.148. The van der Waals surface area contributed by atoms with E-state index in [2.05, 4.69) is 15.0 Å². The molecule has 3 heterocycles. The third-order valence-corrected chi connectivity index (χ3v) is 5.03. The standard InChI is InChI=1S/C17H21F4N3O2/c1-24(13-6-11-3-4-12(7-13)23-11)15(25)10-2-5-14(22-8-10)26-9-17(20,21)16(18)19/h2,5,8,11-13,16,23H,3-4,6-7,9H2,1H3. The van der Waals surface area contributed by atoms with Crippen LogP contribution in [0.2, 0.25) is 0 Å². The van der Waals surface area contributed by atoms with Gasteiger partial charge in [0, 0.05) is 37.4 Å². The SMILES string of the molecule is CN(C(=O)c1ccc(OCC(F)(F)C(F)F)nc1)C1CC2CCC(C1)N2. The van der Waals surface area contributed by atoms with Crippen molar-refractivity contribution >= 4 is 5.91 Å². The number of ether oxygens (including phenoxy) is 1. The van der Waals surface area contributed by atoms with Crippen LogP contribution in [0.15, 0.2) is 18.3 Å². The molecular weight excluding hydrogens is 354 g/mol. The fourth-order valence-electron chi connectivity index (χ4n) is 3.54. The highest BCUT2D eigenvalue weighted by molar-refractivity contribution is 5.94. The maximum atomic E-state index is 12.9. The number of hydrogen-bond donors (Lipinski definition) is 1. The molecule has 2 atom stereocenters. The molecule has 9 heteroatoms. The van der Waals surface area contributed by atoms with Crippen LogP contribution in [-0.4, -0.2) is 59.9 Å². The summed E-state index contributed by atoms with van der Waals surface area (Å²) < 4.78 is 54.5. The van der Waals surface area contributed by atoms with Crippen LogP contribution < -0.4 is 10.1 Å². The fraction of sp³-hybridized carbons (Fsp3) is 0.647. The zero-order valence-corrected chi connectivity index (χ0v) is 14.3. The Labute approximate surface area is 148 Å². The van der Waals surface area contributed by atoms with E-state index in [1.807, 2.05) is 0 Å². The molecule has 0 aromatic carbocycles. The molecule has 144 valence electrons. The number of fused-ring (bicyclic) bond motifs is 2. The van der Waals surface area contributed by atoms with Gasteiger partial charge in [-0.05, 0) is 31.7 Å². The number of amides is 1. The minimum Gasteiger partial charge on any atom is -0.471 e. The van der Waals surface area contributed by atoms with Crippen LogP contribution in [0, 0.1) is 0 Å². The summed E-state index contributed by atoms with van der Waals surface area (Å²) in [5, 5.41) is 3.51. The summed E-state index contributed by atoms with van der Waals surface area (Å²) in [7, 11) is 1.74. The molecule has 1 aromatic heterocycles. The van der Waals surface area contributed by atoms with E-state index >= 15 is 0 Å². The molecular formula is C17H21F4N3O2. The topological polar surface area (TPSA) is 54.5 Å². The molecule has 3 rings (SSSR count). The van der Waals surface area contributed by atoms with Crippen molar-refractivity contribution in [2.45, 2.75) is 56.2 Å². The quantitative estimate of drug-likeness (QED) is 0.777. The Morgan fingerprint density at radius 3 is 2.54 bits per heavy atom. The summed E-state index contributed by atoms with van der Waals surface area (Å²) in [5.74, 6) is -4.69. The van der Waals surface area contributed by atoms with Crippen LogP contribution in [-0.2, 0) is 0 Å². The second-order valence-corrected chi connectivity index (χ2v) is 6.91. The first-order chi connectivity index (χ1) is 12.3. The van der Waals surface area contributed by atoms with Crippen LogP contribution in [0.5, 0.6) is 5.88 Å². The zero-order valence-electron chi connectivity index (χ0n) is 14.3. The lowest BCUT2D eigenvalue weighted by Crippen LogP contribution is -2.48. The largest absolute Gasteiger partial charge is 0.471 e. The highest BCUT2D eigenvalue weighted by Gasteiger charge is 2.42. The minimum atomic E-state index is -4.25. The predicted octanol–water partition coefficient (Wildman–Crippen LogP) is 2.72. The van der Waals surface area contributed by atoms with E-state index in [-0.39, 0.29) is 17.8 Å². The van der Waals surface area contributed by atoms with E-state index in [0.717, 1.165) is 25.7 Å². The maximum absolute atomic E-state index is 12.9. The average Bonchev–Trinajstić information content (AvgIpc) is 2.97. The Morgan fingerprint density at radius 1 is 1.35 bits per heavy atom. The predicted molar refractivity (Wildman–Crippen MR) is 85.7 cm³/mol. The van der Waals surface area contributed by atoms with E-state index in [9.17, 15) is 22.4 Å². The number of rotatable bonds is 6. The van der Waals surface area contributed by atoms with Crippen LogP contribution in [0.1, 0.15) is 36.0 Å². The van der Waals surface area contributed by atoms with E-state index in [1.165, 1.54) is 18.3 Å². The van der Waals surface area contributed by atoms with Gasteiger partial charge < -0.3 is 15.0 Å². The van der Waals surface area contributed by atoms with Gasteiger partial charge in [-0.3, -0.25) is 4.79 Å². The number of piperidine rings is 1. The van der Waals surface area contributed by atoms with Crippen molar-refractivity contribution < 1.29 is 27.1 Å². The van der Waals surface area contributed by atoms with Gasteiger partial charge in [0.2, 0.25) is 5.88 Å². The maximum Gasteiger partial charge on any atom is 0.340 e. The number of pyridine rings is 1. The summed E-state index contributed by atoms with van der Waals surface area (Å²) in [5.41, 5.74) is 0.298. The van der Waals surface area contributed by atoms with Gasteiger partial charge in [-0.2, -0.15) is 8.78 Å². The first-order valence-electron chi connectivity index (χ1n) is 8.54. The molecule has 2 aliphatic rings. The van der Waals surface area contributed by atoms with Crippen molar-refractivity contribution in [1.29, 1.82) is 0 Å². The molecule has 2 bridgehead atoms. The van der Waals surface area contributed by atoms with Crippen molar-refractivity contribution in [3.63, 3.8) is 0 Å². The van der Waals surface area contributed by atoms with Gasteiger partial charge in [-0.15, -0.1) is 0 Å². The Morgan fingerprint density at radius 2 is 2.00 bits per heavy atom. The Balaban J connectivity index is 1.58. The second kappa shape index (κ2) is 7.38. The molecule has 26 heavy (non-hydrogen) atoms. The molecule has 1 amide bonds. The van der Waals surface area contributed by atoms with Crippen molar-refractivity contribution in [3.05, 3.63) is 23.9 Å². The first kappa shape index (κ1) is 18.9. The van der Waals surface area contributed by atoms with E-state index in [4.69, 9.17) is 0 Å². The van der Waals surface area contributed by atoms with Crippen LogP contribution in [0.3, 0.4) is 0 Å². The first-order valence-corrected chi connectivity index (χ1v) is 8.54. The molecule has 5 nitrogen and oxygen atoms in total. The zero-order chi connectivity index (χ0) is 18.9. The third-order valence-electron chi connectivity index (χ3n) is 5.03. The molecule has 2 unspecified atom stereocenters. The van der Waals surface area contributed by atoms with Crippen LogP contribution in [0.25, 0.3) is 0 Å². The van der Waals surface area contributed by atoms with Crippen molar-refractivity contribution in [1.82, 2.24) is 15.2 Å². The monoisotopic (exact) mass is 375 g/mol. The summed E-state index contributed by atoms with van der Waals surface area (Å²) in [4.78, 5) is 18.1. The van der Waals surface area contributed by atoms with Gasteiger partial charge >= 0.3 is 12.3 Å². The second-order valence-electron chi connectivity index (χ2n) is 6.91. The molecule has 1 N–H and O–H groups in total. The highest BCUT2D eigenvalue weighted by Crippen LogP contribution is 2.30. The Bertz CT molecular complexity index is 629. The Kier molecular flexibility index (Phi) is 5.36. The van der Waals surface area contributed by atoms with Crippen molar-refractivity contribution in [3.8, 4) is 5.88 Å². The molecule has 2 saturated heterocycles. The highest BCUT2D eigenvalue weighted by atomic mass is 19.3. The van der Waals surface area contributed by atoms with Gasteiger partial charge in [0.15, 0.2) is 6.61 Å². The number of halogens is 4. The Hall–Kier alpha value is -1.90. The van der Waals surface area contributed by atoms with Gasteiger partial charge in [-0.1, -0.05) is 0 Å². The minimum absolute atomic E-state index is 0.141. The number of nitrogens with one attached hydrogen (secondary N) is 1. The summed E-state index contributed by atoms with van der Waals surface area (Å²) in [6.45, 7) is -1.47. The summed E-state index contributed by atoms with van der Waals surface area (Å²) in [6.07, 6.45) is 1.45. The van der Waals surface area contributed by atoms with Crippen molar-refractivity contribution in [2.75, 3.05) is 13.7 Å². The van der Waals surface area contributed by atoms with E-state index in [0.29, 0.717) is 17.6 Å². The van der Waals surface area contributed by atoms with Crippen LogP contribution in [0.4, 0.5) is 17.6 Å². The van der Waals surface area contributed by atoms with Gasteiger partial charge in [0.25, 0.3) is 5.91 Å². The van der Waals surface area contributed by atoms with Gasteiger partial charge in [0.1, 0.15) is 0 Å². The van der Waals surface area contributed by atoms with Crippen molar-refractivity contribution in [2.24, 2.45) is 0 Å². The third kappa shape index (κ3) is 4.08. The molecule has 2 fully saturated rings. The number of alkyl halides is 4. The number of hydrogen-bond acceptors (Lipinski definition) is 4. The normalized spacial score (nSPS) is 25.4. The van der Waals surface area contributed by atoms with Crippen LogP contribution >= 0.6 is 0 Å². The summed E-state index contributed by atoms with van der Waals surface area (Å²) in [6, 6.07) is 3.66. The number of aromatic nitrogens is 1. The molecule has 1 aromatic rings.